The number of hydrogen-bond donors (Lipinski definition) is 1. The van der Waals surface area contributed by atoms with E-state index in [1.54, 1.807) is 12.1 Å². The number of hydrogen-bond acceptors (Lipinski definition) is 4. The van der Waals surface area contributed by atoms with Gasteiger partial charge in [-0.05, 0) is 44.3 Å². The fraction of sp³-hybridized carbons (Fsp3) is 0.562. The van der Waals surface area contributed by atoms with E-state index < -0.39 is 4.92 Å². The quantitative estimate of drug-likeness (QED) is 0.678. The predicted octanol–water partition coefficient (Wildman–Crippen LogP) is 2.51. The average molecular weight is 340 g/mol. The van der Waals surface area contributed by atoms with E-state index in [9.17, 15) is 14.9 Å². The third-order valence-electron chi connectivity index (χ3n) is 4.88. The van der Waals surface area contributed by atoms with Gasteiger partial charge in [-0.2, -0.15) is 0 Å². The number of carbonyl (C=O) groups is 1. The van der Waals surface area contributed by atoms with E-state index in [4.69, 9.17) is 0 Å². The summed E-state index contributed by atoms with van der Waals surface area (Å²) in [5.74, 6) is 0.228. The van der Waals surface area contributed by atoms with Gasteiger partial charge >= 0.3 is 0 Å². The number of nitro groups is 1. The molecule has 1 aromatic carbocycles. The van der Waals surface area contributed by atoms with Crippen molar-refractivity contribution in [2.45, 2.75) is 32.2 Å². The van der Waals surface area contributed by atoms with Crippen LogP contribution in [0, 0.1) is 15.5 Å². The van der Waals surface area contributed by atoms with Crippen molar-refractivity contribution in [3.8, 4) is 0 Å². The third kappa shape index (κ3) is 3.64. The first-order chi connectivity index (χ1) is 10.6. The van der Waals surface area contributed by atoms with Gasteiger partial charge in [0.05, 0.1) is 10.3 Å². The van der Waals surface area contributed by atoms with Crippen LogP contribution in [0.4, 0.5) is 5.69 Å². The smallest absolute Gasteiger partial charge is 0.269 e. The van der Waals surface area contributed by atoms with E-state index in [0.29, 0.717) is 6.54 Å². The average Bonchev–Trinajstić information content (AvgIpc) is 2.53. The molecule has 2 aliphatic heterocycles. The Morgan fingerprint density at radius 2 is 2.00 bits per heavy atom. The van der Waals surface area contributed by atoms with Crippen LogP contribution in [-0.2, 0) is 11.3 Å². The second-order valence-electron chi connectivity index (χ2n) is 6.29. The molecule has 2 saturated heterocycles. The van der Waals surface area contributed by atoms with E-state index in [1.807, 2.05) is 11.0 Å². The van der Waals surface area contributed by atoms with Crippen LogP contribution < -0.4 is 5.32 Å². The van der Waals surface area contributed by atoms with E-state index >= 15 is 0 Å². The highest BCUT2D eigenvalue weighted by Crippen LogP contribution is 2.39. The summed E-state index contributed by atoms with van der Waals surface area (Å²) < 4.78 is 0. The van der Waals surface area contributed by atoms with Crippen molar-refractivity contribution in [1.82, 2.24) is 10.2 Å². The van der Waals surface area contributed by atoms with E-state index in [-0.39, 0.29) is 29.4 Å². The first kappa shape index (κ1) is 17.7. The molecule has 2 aliphatic rings. The monoisotopic (exact) mass is 339 g/mol. The normalized spacial score (nSPS) is 20.2. The SMILES string of the molecule is Cl.O=C1N(Cc2cccc([N+](=O)[O-])c2)CCCC12CCNCC2. The molecule has 0 saturated carbocycles. The topological polar surface area (TPSA) is 75.5 Å². The second kappa shape index (κ2) is 7.27. The summed E-state index contributed by atoms with van der Waals surface area (Å²) >= 11 is 0. The first-order valence-electron chi connectivity index (χ1n) is 7.84. The molecule has 0 aromatic heterocycles. The molecule has 0 bridgehead atoms. The van der Waals surface area contributed by atoms with Crippen molar-refractivity contribution in [3.05, 3.63) is 39.9 Å². The Bertz CT molecular complexity index is 582. The lowest BCUT2D eigenvalue weighted by molar-refractivity contribution is -0.384. The Morgan fingerprint density at radius 1 is 1.26 bits per heavy atom. The van der Waals surface area contributed by atoms with E-state index in [2.05, 4.69) is 5.32 Å². The molecule has 0 atom stereocenters. The van der Waals surface area contributed by atoms with Crippen LogP contribution in [0.15, 0.2) is 24.3 Å². The zero-order chi connectivity index (χ0) is 15.6. The maximum Gasteiger partial charge on any atom is 0.269 e. The summed E-state index contributed by atoms with van der Waals surface area (Å²) in [5.41, 5.74) is 0.705. The summed E-state index contributed by atoms with van der Waals surface area (Å²) in [6.45, 7) is 3.01. The lowest BCUT2D eigenvalue weighted by Gasteiger charge is -2.44. The van der Waals surface area contributed by atoms with Gasteiger partial charge in [0.2, 0.25) is 5.91 Å². The molecule has 126 valence electrons. The van der Waals surface area contributed by atoms with Gasteiger partial charge in [-0.15, -0.1) is 12.4 Å². The van der Waals surface area contributed by atoms with Crippen LogP contribution in [0.25, 0.3) is 0 Å². The molecule has 1 spiro atoms. The van der Waals surface area contributed by atoms with Crippen molar-refractivity contribution in [3.63, 3.8) is 0 Å². The Labute approximate surface area is 141 Å². The third-order valence-corrected chi connectivity index (χ3v) is 4.88. The van der Waals surface area contributed by atoms with Crippen LogP contribution in [0.3, 0.4) is 0 Å². The van der Waals surface area contributed by atoms with Gasteiger partial charge in [0.15, 0.2) is 0 Å². The van der Waals surface area contributed by atoms with Crippen LogP contribution in [0.2, 0.25) is 0 Å². The molecule has 2 heterocycles. The number of nitrogens with one attached hydrogen (secondary N) is 1. The van der Waals surface area contributed by atoms with Crippen LogP contribution in [0.5, 0.6) is 0 Å². The Morgan fingerprint density at radius 3 is 2.70 bits per heavy atom. The van der Waals surface area contributed by atoms with Gasteiger partial charge in [0, 0.05) is 25.2 Å². The van der Waals surface area contributed by atoms with Gasteiger partial charge in [0.1, 0.15) is 0 Å². The summed E-state index contributed by atoms with van der Waals surface area (Å²) in [7, 11) is 0. The minimum atomic E-state index is -0.393. The molecule has 0 aliphatic carbocycles. The number of nitrogens with zero attached hydrogens (tertiary/aromatic N) is 2. The van der Waals surface area contributed by atoms with Gasteiger partial charge in [-0.1, -0.05) is 12.1 Å². The number of carbonyl (C=O) groups excluding carboxylic acids is 1. The van der Waals surface area contributed by atoms with Crippen LogP contribution in [-0.4, -0.2) is 35.4 Å². The van der Waals surface area contributed by atoms with Crippen molar-refractivity contribution in [1.29, 1.82) is 0 Å². The second-order valence-corrected chi connectivity index (χ2v) is 6.29. The minimum absolute atomic E-state index is 0. The molecule has 1 N–H and O–H groups in total. The highest BCUT2D eigenvalue weighted by atomic mass is 35.5. The lowest BCUT2D eigenvalue weighted by atomic mass is 9.72. The summed E-state index contributed by atoms with van der Waals surface area (Å²) in [6.07, 6.45) is 3.79. The summed E-state index contributed by atoms with van der Waals surface area (Å²) in [6, 6.07) is 6.58. The molecule has 0 unspecified atom stereocenters. The van der Waals surface area contributed by atoms with Gasteiger partial charge in [-0.3, -0.25) is 14.9 Å². The number of likely N-dealkylation sites (tertiary alicyclic amines) is 1. The molecule has 23 heavy (non-hydrogen) atoms. The molecular formula is C16H22ClN3O3. The molecule has 1 amide bonds. The van der Waals surface area contributed by atoms with Crippen molar-refractivity contribution >= 4 is 24.0 Å². The van der Waals surface area contributed by atoms with Gasteiger partial charge in [-0.25, -0.2) is 0 Å². The van der Waals surface area contributed by atoms with Gasteiger partial charge in [0.25, 0.3) is 5.69 Å². The maximum absolute atomic E-state index is 12.9. The number of halogens is 1. The summed E-state index contributed by atoms with van der Waals surface area (Å²) in [4.78, 5) is 25.2. The standard InChI is InChI=1S/C16H21N3O3.ClH/c20-15-16(6-8-17-9-7-16)5-2-10-18(15)12-13-3-1-4-14(11-13)19(21)22;/h1,3-4,11,17H,2,5-10,12H2;1H. The number of piperidine rings is 2. The number of amides is 1. The molecule has 3 rings (SSSR count). The fourth-order valence-corrected chi connectivity index (χ4v) is 3.66. The Balaban J connectivity index is 0.00000192. The van der Waals surface area contributed by atoms with Crippen molar-refractivity contribution in [2.24, 2.45) is 5.41 Å². The highest BCUT2D eigenvalue weighted by Gasteiger charge is 2.44. The molecular weight excluding hydrogens is 318 g/mol. The number of nitro benzene ring substituents is 1. The van der Waals surface area contributed by atoms with Crippen molar-refractivity contribution < 1.29 is 9.72 Å². The molecule has 6 nitrogen and oxygen atoms in total. The van der Waals surface area contributed by atoms with E-state index in [1.165, 1.54) is 6.07 Å². The van der Waals surface area contributed by atoms with E-state index in [0.717, 1.165) is 50.9 Å². The van der Waals surface area contributed by atoms with Crippen LogP contribution >= 0.6 is 12.4 Å². The Hall–Kier alpha value is -1.66. The molecule has 7 heteroatoms. The minimum Gasteiger partial charge on any atom is -0.338 e. The number of non-ortho nitro benzene ring substituents is 1. The zero-order valence-electron chi connectivity index (χ0n) is 13.0. The highest BCUT2D eigenvalue weighted by molar-refractivity contribution is 5.85. The molecule has 1 aromatic rings. The Kier molecular flexibility index (Phi) is 5.59. The molecule has 0 radical (unpaired) electrons. The first-order valence-corrected chi connectivity index (χ1v) is 7.84. The predicted molar refractivity (Wildman–Crippen MR) is 89.5 cm³/mol. The molecule has 2 fully saturated rings. The number of benzene rings is 1. The lowest BCUT2D eigenvalue weighted by Crippen LogP contribution is -2.52. The largest absolute Gasteiger partial charge is 0.338 e. The zero-order valence-corrected chi connectivity index (χ0v) is 13.8. The van der Waals surface area contributed by atoms with Crippen LogP contribution in [0.1, 0.15) is 31.2 Å². The summed E-state index contributed by atoms with van der Waals surface area (Å²) in [5, 5.41) is 14.2. The number of rotatable bonds is 3. The maximum atomic E-state index is 12.9. The van der Waals surface area contributed by atoms with Crippen molar-refractivity contribution in [2.75, 3.05) is 19.6 Å². The fourth-order valence-electron chi connectivity index (χ4n) is 3.66. The van der Waals surface area contributed by atoms with Gasteiger partial charge < -0.3 is 10.2 Å².